The molecule has 4 heteroatoms. The van der Waals surface area contributed by atoms with E-state index in [1.165, 1.54) is 0 Å². The standard InChI is InChI=1S/C10H9ClN2O/c1-7-2-3-8(11)9(6-7)13-10(14)4-5-12/h2-3,6H,4H2,1H3,(H,13,14). The van der Waals surface area contributed by atoms with Crippen LogP contribution in [0, 0.1) is 18.3 Å². The molecular formula is C10H9ClN2O. The zero-order chi connectivity index (χ0) is 10.6. The van der Waals surface area contributed by atoms with E-state index in [2.05, 4.69) is 5.32 Å². The molecule has 0 saturated carbocycles. The Kier molecular flexibility index (Phi) is 3.49. The van der Waals surface area contributed by atoms with Gasteiger partial charge in [-0.05, 0) is 24.6 Å². The average Bonchev–Trinajstić information content (AvgIpc) is 2.12. The van der Waals surface area contributed by atoms with Gasteiger partial charge in [0, 0.05) is 0 Å². The van der Waals surface area contributed by atoms with Gasteiger partial charge in [0.1, 0.15) is 6.42 Å². The lowest BCUT2D eigenvalue weighted by Crippen LogP contribution is -2.10. The summed E-state index contributed by atoms with van der Waals surface area (Å²) >= 11 is 5.84. The molecule has 0 spiro atoms. The predicted molar refractivity (Wildman–Crippen MR) is 55.0 cm³/mol. The highest BCUT2D eigenvalue weighted by Gasteiger charge is 2.04. The van der Waals surface area contributed by atoms with E-state index >= 15 is 0 Å². The van der Waals surface area contributed by atoms with Crippen molar-refractivity contribution in [3.8, 4) is 6.07 Å². The van der Waals surface area contributed by atoms with Gasteiger partial charge >= 0.3 is 0 Å². The van der Waals surface area contributed by atoms with Crippen LogP contribution < -0.4 is 5.32 Å². The lowest BCUT2D eigenvalue weighted by molar-refractivity contribution is -0.115. The van der Waals surface area contributed by atoms with Crippen LogP contribution in [0.5, 0.6) is 0 Å². The number of nitrogens with one attached hydrogen (secondary N) is 1. The average molecular weight is 209 g/mol. The Bertz CT molecular complexity index is 396. The van der Waals surface area contributed by atoms with Gasteiger partial charge in [0.15, 0.2) is 0 Å². The van der Waals surface area contributed by atoms with Crippen molar-refractivity contribution in [1.82, 2.24) is 0 Å². The monoisotopic (exact) mass is 208 g/mol. The van der Waals surface area contributed by atoms with Gasteiger partial charge in [0.05, 0.1) is 16.8 Å². The summed E-state index contributed by atoms with van der Waals surface area (Å²) in [5, 5.41) is 11.3. The zero-order valence-electron chi connectivity index (χ0n) is 7.67. The van der Waals surface area contributed by atoms with E-state index in [0.717, 1.165) is 5.56 Å². The largest absolute Gasteiger partial charge is 0.324 e. The fourth-order valence-corrected chi connectivity index (χ4v) is 1.17. The van der Waals surface area contributed by atoms with Crippen LogP contribution in [0.1, 0.15) is 12.0 Å². The number of rotatable bonds is 2. The van der Waals surface area contributed by atoms with Gasteiger partial charge in [-0.1, -0.05) is 17.7 Å². The number of nitrogens with zero attached hydrogens (tertiary/aromatic N) is 1. The van der Waals surface area contributed by atoms with Crippen LogP contribution >= 0.6 is 11.6 Å². The first-order valence-corrected chi connectivity index (χ1v) is 4.44. The number of aryl methyl sites for hydroxylation is 1. The van der Waals surface area contributed by atoms with Gasteiger partial charge in [-0.2, -0.15) is 5.26 Å². The molecule has 1 aromatic rings. The Morgan fingerprint density at radius 3 is 3.00 bits per heavy atom. The molecule has 72 valence electrons. The summed E-state index contributed by atoms with van der Waals surface area (Å²) < 4.78 is 0. The molecule has 1 aromatic carbocycles. The first-order valence-electron chi connectivity index (χ1n) is 4.06. The summed E-state index contributed by atoms with van der Waals surface area (Å²) in [7, 11) is 0. The van der Waals surface area contributed by atoms with Crippen LogP contribution in [0.15, 0.2) is 18.2 Å². The number of nitriles is 1. The second-order valence-corrected chi connectivity index (χ2v) is 3.27. The molecule has 14 heavy (non-hydrogen) atoms. The molecule has 0 aliphatic carbocycles. The maximum Gasteiger partial charge on any atom is 0.238 e. The second kappa shape index (κ2) is 4.64. The van der Waals surface area contributed by atoms with Gasteiger partial charge in [-0.25, -0.2) is 0 Å². The van der Waals surface area contributed by atoms with Crippen molar-refractivity contribution in [2.75, 3.05) is 5.32 Å². The Balaban J connectivity index is 2.81. The number of benzene rings is 1. The summed E-state index contributed by atoms with van der Waals surface area (Å²) in [4.78, 5) is 11.1. The van der Waals surface area contributed by atoms with Crippen LogP contribution in [0.3, 0.4) is 0 Å². The van der Waals surface area contributed by atoms with Crippen LogP contribution in [-0.2, 0) is 4.79 Å². The lowest BCUT2D eigenvalue weighted by Gasteiger charge is -2.05. The predicted octanol–water partition coefficient (Wildman–Crippen LogP) is 2.50. The van der Waals surface area contributed by atoms with Crippen molar-refractivity contribution < 1.29 is 4.79 Å². The molecule has 0 atom stereocenters. The first kappa shape index (κ1) is 10.6. The molecule has 0 aliphatic rings. The maximum absolute atomic E-state index is 11.1. The Labute approximate surface area is 87.3 Å². The Morgan fingerprint density at radius 2 is 2.36 bits per heavy atom. The van der Waals surface area contributed by atoms with E-state index < -0.39 is 0 Å². The Hall–Kier alpha value is -1.53. The van der Waals surface area contributed by atoms with Crippen LogP contribution in [0.4, 0.5) is 5.69 Å². The Morgan fingerprint density at radius 1 is 1.64 bits per heavy atom. The van der Waals surface area contributed by atoms with Crippen LogP contribution in [0.2, 0.25) is 5.02 Å². The topological polar surface area (TPSA) is 52.9 Å². The van der Waals surface area contributed by atoms with Crippen LogP contribution in [-0.4, -0.2) is 5.91 Å². The number of hydrogen-bond donors (Lipinski definition) is 1. The number of halogens is 1. The summed E-state index contributed by atoms with van der Waals surface area (Å²) in [5.41, 5.74) is 1.55. The molecular weight excluding hydrogens is 200 g/mol. The molecule has 0 radical (unpaired) electrons. The molecule has 1 rings (SSSR count). The number of hydrogen-bond acceptors (Lipinski definition) is 2. The van der Waals surface area contributed by atoms with Crippen molar-refractivity contribution >= 4 is 23.2 Å². The summed E-state index contributed by atoms with van der Waals surface area (Å²) in [6.07, 6.45) is -0.162. The number of anilines is 1. The SMILES string of the molecule is Cc1ccc(Cl)c(NC(=O)CC#N)c1. The fraction of sp³-hybridized carbons (Fsp3) is 0.200. The number of carbonyl (C=O) groups is 1. The quantitative estimate of drug-likeness (QED) is 0.812. The molecule has 0 bridgehead atoms. The van der Waals surface area contributed by atoms with Crippen molar-refractivity contribution in [3.05, 3.63) is 28.8 Å². The summed E-state index contributed by atoms with van der Waals surface area (Å²) in [6.45, 7) is 1.90. The smallest absolute Gasteiger partial charge is 0.238 e. The van der Waals surface area contributed by atoms with E-state index in [-0.39, 0.29) is 12.3 Å². The van der Waals surface area contributed by atoms with Crippen molar-refractivity contribution in [2.45, 2.75) is 13.3 Å². The minimum Gasteiger partial charge on any atom is -0.324 e. The van der Waals surface area contributed by atoms with E-state index in [1.807, 2.05) is 13.0 Å². The number of carbonyl (C=O) groups excluding carboxylic acids is 1. The van der Waals surface area contributed by atoms with Crippen molar-refractivity contribution in [3.63, 3.8) is 0 Å². The van der Waals surface area contributed by atoms with Gasteiger partial charge in [0.25, 0.3) is 0 Å². The van der Waals surface area contributed by atoms with Gasteiger partial charge < -0.3 is 5.32 Å². The highest BCUT2D eigenvalue weighted by molar-refractivity contribution is 6.33. The highest BCUT2D eigenvalue weighted by Crippen LogP contribution is 2.22. The van der Waals surface area contributed by atoms with Crippen molar-refractivity contribution in [1.29, 1.82) is 5.26 Å². The summed E-state index contributed by atoms with van der Waals surface area (Å²) in [6, 6.07) is 7.08. The van der Waals surface area contributed by atoms with E-state index in [1.54, 1.807) is 18.2 Å². The van der Waals surface area contributed by atoms with Gasteiger partial charge in [-0.3, -0.25) is 4.79 Å². The molecule has 1 amide bonds. The molecule has 0 unspecified atom stereocenters. The third-order valence-corrected chi connectivity index (χ3v) is 1.97. The third-order valence-electron chi connectivity index (χ3n) is 1.64. The van der Waals surface area contributed by atoms with E-state index in [4.69, 9.17) is 16.9 Å². The molecule has 0 heterocycles. The van der Waals surface area contributed by atoms with E-state index in [0.29, 0.717) is 10.7 Å². The van der Waals surface area contributed by atoms with Crippen LogP contribution in [0.25, 0.3) is 0 Å². The highest BCUT2D eigenvalue weighted by atomic mass is 35.5. The molecule has 3 nitrogen and oxygen atoms in total. The first-order chi connectivity index (χ1) is 6.63. The minimum atomic E-state index is -0.347. The second-order valence-electron chi connectivity index (χ2n) is 2.87. The number of amides is 1. The van der Waals surface area contributed by atoms with Gasteiger partial charge in [-0.15, -0.1) is 0 Å². The summed E-state index contributed by atoms with van der Waals surface area (Å²) in [5.74, 6) is -0.347. The fourth-order valence-electron chi connectivity index (χ4n) is 1.00. The molecule has 0 saturated heterocycles. The minimum absolute atomic E-state index is 0.162. The van der Waals surface area contributed by atoms with E-state index in [9.17, 15) is 4.79 Å². The normalized spacial score (nSPS) is 9.21. The molecule has 0 fully saturated rings. The van der Waals surface area contributed by atoms with Gasteiger partial charge in [0.2, 0.25) is 5.91 Å². The maximum atomic E-state index is 11.1. The van der Waals surface area contributed by atoms with Crippen molar-refractivity contribution in [2.24, 2.45) is 0 Å². The zero-order valence-corrected chi connectivity index (χ0v) is 8.43. The lowest BCUT2D eigenvalue weighted by atomic mass is 10.2. The molecule has 0 aliphatic heterocycles. The third kappa shape index (κ3) is 2.75. The molecule has 0 aromatic heterocycles. The molecule has 1 N–H and O–H groups in total.